The van der Waals surface area contributed by atoms with Crippen LogP contribution in [-0.2, 0) is 16.6 Å². The molecule has 0 spiro atoms. The number of rotatable bonds is 12. The molecule has 2 N–H and O–H groups in total. The number of nitrogens with one attached hydrogen (secondary N) is 1. The molecule has 4 nitrogen and oxygen atoms in total. The lowest BCUT2D eigenvalue weighted by molar-refractivity contribution is -0.918. The molecular formula is C32H47N2O2+. The Morgan fingerprint density at radius 2 is 1.89 bits per heavy atom. The Morgan fingerprint density at radius 1 is 1.08 bits per heavy atom. The van der Waals surface area contributed by atoms with Crippen LogP contribution in [0, 0.1) is 0 Å². The molecule has 4 heteroatoms. The van der Waals surface area contributed by atoms with Gasteiger partial charge in [0.15, 0.2) is 0 Å². The summed E-state index contributed by atoms with van der Waals surface area (Å²) in [6.07, 6.45) is 12.6. The van der Waals surface area contributed by atoms with E-state index >= 15 is 0 Å². The van der Waals surface area contributed by atoms with Gasteiger partial charge >= 0.3 is 0 Å². The SMILES string of the molecule is C=CC[N@@+]1(C)CC[C@@]2(c3cccc(O)c3)C[C@@H](NCCCCCCc3ccccc3)CCC2(OC)C1. The first-order valence-electron chi connectivity index (χ1n) is 14.0. The van der Waals surface area contributed by atoms with Crippen LogP contribution in [0.1, 0.15) is 62.5 Å². The first kappa shape index (κ1) is 26.9. The fraction of sp³-hybridized carbons (Fsp3) is 0.562. The van der Waals surface area contributed by atoms with Crippen LogP contribution in [-0.4, -0.2) is 61.6 Å². The van der Waals surface area contributed by atoms with Crippen LogP contribution in [0.25, 0.3) is 0 Å². The largest absolute Gasteiger partial charge is 0.508 e. The third-order valence-corrected chi connectivity index (χ3v) is 9.11. The van der Waals surface area contributed by atoms with Crippen molar-refractivity contribution in [2.45, 2.75) is 74.8 Å². The first-order chi connectivity index (χ1) is 17.4. The first-order valence-corrected chi connectivity index (χ1v) is 14.0. The van der Waals surface area contributed by atoms with Crippen molar-refractivity contribution in [3.8, 4) is 5.75 Å². The predicted octanol–water partition coefficient (Wildman–Crippen LogP) is 6.00. The van der Waals surface area contributed by atoms with E-state index in [4.69, 9.17) is 4.74 Å². The molecule has 2 aromatic carbocycles. The molecule has 1 saturated heterocycles. The Kier molecular flexibility index (Phi) is 8.92. The maximum absolute atomic E-state index is 10.4. The molecule has 1 saturated carbocycles. The summed E-state index contributed by atoms with van der Waals surface area (Å²) in [5.41, 5.74) is 2.37. The van der Waals surface area contributed by atoms with Crippen LogP contribution in [0.2, 0.25) is 0 Å². The monoisotopic (exact) mass is 491 g/mol. The second-order valence-electron chi connectivity index (χ2n) is 11.6. The number of ether oxygens (including phenoxy) is 1. The third-order valence-electron chi connectivity index (χ3n) is 9.11. The minimum Gasteiger partial charge on any atom is -0.508 e. The zero-order valence-electron chi connectivity index (χ0n) is 22.6. The van der Waals surface area contributed by atoms with Gasteiger partial charge in [0, 0.05) is 25.0 Å². The summed E-state index contributed by atoms with van der Waals surface area (Å²) in [7, 11) is 4.25. The zero-order valence-corrected chi connectivity index (χ0v) is 22.6. The number of unbranched alkanes of at least 4 members (excludes halogenated alkanes) is 3. The van der Waals surface area contributed by atoms with E-state index in [9.17, 15) is 5.11 Å². The molecule has 1 aliphatic heterocycles. The maximum Gasteiger partial charge on any atom is 0.126 e. The number of aryl methyl sites for hydroxylation is 1. The lowest BCUT2D eigenvalue weighted by Gasteiger charge is -2.61. The average Bonchev–Trinajstić information content (AvgIpc) is 2.89. The average molecular weight is 492 g/mol. The highest BCUT2D eigenvalue weighted by Gasteiger charge is 2.62. The van der Waals surface area contributed by atoms with Crippen molar-refractivity contribution in [1.29, 1.82) is 0 Å². The summed E-state index contributed by atoms with van der Waals surface area (Å²) in [5.74, 6) is 0.353. The van der Waals surface area contributed by atoms with Gasteiger partial charge in [-0.3, -0.25) is 0 Å². The molecule has 1 heterocycles. The van der Waals surface area contributed by atoms with Crippen LogP contribution in [0.4, 0.5) is 0 Å². The number of likely N-dealkylation sites (N-methyl/N-ethyl adjacent to an activating group) is 1. The maximum atomic E-state index is 10.4. The number of phenols is 1. The predicted molar refractivity (Wildman–Crippen MR) is 149 cm³/mol. The van der Waals surface area contributed by atoms with Gasteiger partial charge < -0.3 is 19.6 Å². The molecule has 2 fully saturated rings. The van der Waals surface area contributed by atoms with Crippen molar-refractivity contribution in [2.75, 3.05) is 40.3 Å². The molecule has 4 atom stereocenters. The number of aromatic hydroxyl groups is 1. The smallest absolute Gasteiger partial charge is 0.126 e. The summed E-state index contributed by atoms with van der Waals surface area (Å²) >= 11 is 0. The second kappa shape index (κ2) is 11.9. The Morgan fingerprint density at radius 3 is 2.64 bits per heavy atom. The third kappa shape index (κ3) is 5.88. The number of fused-ring (bicyclic) bond motifs is 1. The van der Waals surface area contributed by atoms with Crippen LogP contribution in [0.15, 0.2) is 67.3 Å². The Bertz CT molecular complexity index is 979. The molecule has 4 rings (SSSR count). The second-order valence-corrected chi connectivity index (χ2v) is 11.6. The summed E-state index contributed by atoms with van der Waals surface area (Å²) in [6.45, 7) is 8.16. The fourth-order valence-electron chi connectivity index (χ4n) is 7.16. The number of quaternary nitrogens is 1. The number of hydrogen-bond acceptors (Lipinski definition) is 3. The molecule has 0 radical (unpaired) electrons. The van der Waals surface area contributed by atoms with Crippen molar-refractivity contribution in [1.82, 2.24) is 5.32 Å². The van der Waals surface area contributed by atoms with E-state index in [1.807, 2.05) is 19.2 Å². The van der Waals surface area contributed by atoms with E-state index in [-0.39, 0.29) is 11.0 Å². The van der Waals surface area contributed by atoms with Crippen molar-refractivity contribution in [3.05, 3.63) is 78.4 Å². The number of likely N-dealkylation sites (tertiary alicyclic amines) is 1. The van der Waals surface area contributed by atoms with Crippen molar-refractivity contribution < 1.29 is 14.3 Å². The topological polar surface area (TPSA) is 41.5 Å². The zero-order chi connectivity index (χ0) is 25.5. The van der Waals surface area contributed by atoms with E-state index in [1.165, 1.54) is 43.2 Å². The molecule has 0 amide bonds. The normalized spacial score (nSPS) is 30.0. The molecule has 1 unspecified atom stereocenters. The molecule has 0 aromatic heterocycles. The van der Waals surface area contributed by atoms with Gasteiger partial charge in [0.1, 0.15) is 17.9 Å². The lowest BCUT2D eigenvalue weighted by Crippen LogP contribution is -2.72. The van der Waals surface area contributed by atoms with Gasteiger partial charge in [-0.2, -0.15) is 0 Å². The Hall–Kier alpha value is -2.14. The minimum atomic E-state index is -0.230. The van der Waals surface area contributed by atoms with Gasteiger partial charge in [0.05, 0.1) is 20.1 Å². The molecule has 1 aliphatic carbocycles. The van der Waals surface area contributed by atoms with Gasteiger partial charge in [0.25, 0.3) is 0 Å². The Balaban J connectivity index is 1.38. The lowest BCUT2D eigenvalue weighted by atomic mass is 9.54. The van der Waals surface area contributed by atoms with Crippen molar-refractivity contribution >= 4 is 0 Å². The van der Waals surface area contributed by atoms with E-state index in [0.717, 1.165) is 56.3 Å². The van der Waals surface area contributed by atoms with E-state index in [0.29, 0.717) is 11.8 Å². The number of nitrogens with zero attached hydrogens (tertiary/aromatic N) is 1. The fourth-order valence-corrected chi connectivity index (χ4v) is 7.16. The van der Waals surface area contributed by atoms with Crippen LogP contribution < -0.4 is 5.32 Å². The highest BCUT2D eigenvalue weighted by atomic mass is 16.5. The summed E-state index contributed by atoms with van der Waals surface area (Å²) in [5, 5.41) is 14.3. The highest BCUT2D eigenvalue weighted by molar-refractivity contribution is 5.38. The molecule has 0 bridgehead atoms. The number of benzene rings is 2. The van der Waals surface area contributed by atoms with Gasteiger partial charge in [-0.25, -0.2) is 0 Å². The van der Waals surface area contributed by atoms with Gasteiger partial charge in [-0.05, 0) is 74.4 Å². The number of phenolic OH excluding ortho intramolecular Hbond substituents is 1. The van der Waals surface area contributed by atoms with Crippen molar-refractivity contribution in [2.24, 2.45) is 0 Å². The van der Waals surface area contributed by atoms with Gasteiger partial charge in [0.2, 0.25) is 0 Å². The minimum absolute atomic E-state index is 0.0922. The van der Waals surface area contributed by atoms with Crippen LogP contribution in [0.3, 0.4) is 0 Å². The van der Waals surface area contributed by atoms with E-state index in [2.05, 4.69) is 61.4 Å². The number of hydrogen-bond donors (Lipinski definition) is 2. The summed E-state index contributed by atoms with van der Waals surface area (Å²) < 4.78 is 7.49. The summed E-state index contributed by atoms with van der Waals surface area (Å²) in [6, 6.07) is 19.3. The molecular weight excluding hydrogens is 444 g/mol. The van der Waals surface area contributed by atoms with Crippen LogP contribution >= 0.6 is 0 Å². The molecule has 36 heavy (non-hydrogen) atoms. The Labute approximate surface area is 219 Å². The molecule has 2 aliphatic rings. The van der Waals surface area contributed by atoms with E-state index in [1.54, 1.807) is 6.07 Å². The molecule has 196 valence electrons. The summed E-state index contributed by atoms with van der Waals surface area (Å²) in [4.78, 5) is 0. The standard InChI is InChI=1S/C32H46N2O2/c1-4-22-34(2)23-20-31(28-16-12-17-30(35)24-28)25-29(18-19-32(31,26-34)36-3)33-21-11-6-5-8-13-27-14-9-7-10-15-27/h4,7,9-10,12,14-17,24,29,33H,1,5-6,8,11,13,18-23,25-26H2,2-3H3/p+1/t29-,31-,32?,34-/m0/s1. The van der Waals surface area contributed by atoms with Gasteiger partial charge in [-0.15, -0.1) is 0 Å². The highest BCUT2D eigenvalue weighted by Crippen LogP contribution is 2.54. The van der Waals surface area contributed by atoms with Crippen LogP contribution in [0.5, 0.6) is 5.75 Å². The quantitative estimate of drug-likeness (QED) is 0.217. The number of piperidine rings is 1. The number of methoxy groups -OCH3 is 1. The molecule has 2 aromatic rings. The van der Waals surface area contributed by atoms with E-state index < -0.39 is 0 Å². The van der Waals surface area contributed by atoms with Gasteiger partial charge in [-0.1, -0.05) is 61.9 Å². The van der Waals surface area contributed by atoms with Crippen molar-refractivity contribution in [3.63, 3.8) is 0 Å².